The van der Waals surface area contributed by atoms with Crippen LogP contribution in [0.3, 0.4) is 0 Å². The molecule has 2 rings (SSSR count). The summed E-state index contributed by atoms with van der Waals surface area (Å²) in [6.45, 7) is 3.49. The lowest BCUT2D eigenvalue weighted by Crippen LogP contribution is -2.30. The number of hydrogen-bond donors (Lipinski definition) is 0. The Labute approximate surface area is 115 Å². The minimum Gasteiger partial charge on any atom is -0.465 e. The van der Waals surface area contributed by atoms with Crippen molar-refractivity contribution in [3.8, 4) is 0 Å². The van der Waals surface area contributed by atoms with Gasteiger partial charge >= 0.3 is 12.1 Å². The van der Waals surface area contributed by atoms with Crippen molar-refractivity contribution in [3.05, 3.63) is 29.6 Å². The van der Waals surface area contributed by atoms with Crippen LogP contribution in [-0.2, 0) is 14.9 Å². The van der Waals surface area contributed by atoms with Crippen LogP contribution in [0, 0.1) is 0 Å². The molecule has 6 heteroatoms. The Bertz CT molecular complexity index is 509. The summed E-state index contributed by atoms with van der Waals surface area (Å²) >= 11 is 0. The van der Waals surface area contributed by atoms with Gasteiger partial charge in [0.05, 0.1) is 23.9 Å². The van der Waals surface area contributed by atoms with E-state index < -0.39 is 23.5 Å². The van der Waals surface area contributed by atoms with E-state index in [0.717, 1.165) is 0 Å². The van der Waals surface area contributed by atoms with Crippen molar-refractivity contribution in [2.24, 2.45) is 0 Å². The number of pyridine rings is 1. The van der Waals surface area contributed by atoms with Crippen LogP contribution in [0.15, 0.2) is 18.2 Å². The van der Waals surface area contributed by atoms with Crippen molar-refractivity contribution in [1.29, 1.82) is 0 Å². The number of aromatic nitrogens is 1. The molecule has 1 aromatic rings. The van der Waals surface area contributed by atoms with E-state index >= 15 is 0 Å². The van der Waals surface area contributed by atoms with Crippen molar-refractivity contribution in [3.63, 3.8) is 0 Å². The molecular formula is C14H16F3NO2. The Balaban J connectivity index is 2.28. The zero-order chi connectivity index (χ0) is 15.0. The van der Waals surface area contributed by atoms with Crippen molar-refractivity contribution in [1.82, 2.24) is 4.98 Å². The zero-order valence-electron chi connectivity index (χ0n) is 11.3. The first kappa shape index (κ1) is 14.8. The number of nitrogens with zero attached hydrogens (tertiary/aromatic N) is 1. The van der Waals surface area contributed by atoms with E-state index in [4.69, 9.17) is 4.74 Å². The van der Waals surface area contributed by atoms with Gasteiger partial charge in [-0.2, -0.15) is 13.2 Å². The average Bonchev–Trinajstić information content (AvgIpc) is 3.19. The highest BCUT2D eigenvalue weighted by Gasteiger charge is 2.65. The number of carbonyl (C=O) groups is 1. The molecule has 1 aromatic heterocycles. The van der Waals surface area contributed by atoms with Crippen LogP contribution in [-0.4, -0.2) is 23.7 Å². The number of carbonyl (C=O) groups excluding carboxylic acids is 1. The van der Waals surface area contributed by atoms with Crippen LogP contribution in [0.1, 0.15) is 44.0 Å². The predicted molar refractivity (Wildman–Crippen MR) is 66.3 cm³/mol. The van der Waals surface area contributed by atoms with Gasteiger partial charge in [0.2, 0.25) is 0 Å². The molecule has 1 heterocycles. The van der Waals surface area contributed by atoms with E-state index in [0.29, 0.717) is 5.69 Å². The summed E-state index contributed by atoms with van der Waals surface area (Å²) in [6.07, 6.45) is -4.19. The topological polar surface area (TPSA) is 39.2 Å². The van der Waals surface area contributed by atoms with Crippen molar-refractivity contribution < 1.29 is 22.7 Å². The lowest BCUT2D eigenvalue weighted by atomic mass is 9.99. The second-order valence-electron chi connectivity index (χ2n) is 5.00. The lowest BCUT2D eigenvalue weighted by molar-refractivity contribution is -0.161. The summed E-state index contributed by atoms with van der Waals surface area (Å²) < 4.78 is 44.1. The normalized spacial score (nSPS) is 18.4. The number of alkyl halides is 3. The monoisotopic (exact) mass is 287 g/mol. The molecular weight excluding hydrogens is 271 g/mol. The summed E-state index contributed by atoms with van der Waals surface area (Å²) in [4.78, 5) is 15.7. The molecule has 110 valence electrons. The van der Waals surface area contributed by atoms with Crippen molar-refractivity contribution in [2.45, 2.75) is 44.2 Å². The van der Waals surface area contributed by atoms with Crippen LogP contribution in [0.25, 0.3) is 0 Å². The van der Waals surface area contributed by atoms with E-state index in [1.165, 1.54) is 12.1 Å². The third-order valence-electron chi connectivity index (χ3n) is 3.64. The molecule has 1 atom stereocenters. The summed E-state index contributed by atoms with van der Waals surface area (Å²) in [7, 11) is 0. The Morgan fingerprint density at radius 2 is 2.10 bits per heavy atom. The van der Waals surface area contributed by atoms with Gasteiger partial charge in [0.15, 0.2) is 0 Å². The van der Waals surface area contributed by atoms with E-state index in [2.05, 4.69) is 4.98 Å². The molecule has 0 amide bonds. The molecule has 1 aliphatic carbocycles. The standard InChI is InChI=1S/C14H16F3NO2/c1-3-20-12(19)9(2)10-5-4-6-11(18-10)13(7-8-13)14(15,16)17/h4-6,9H,3,7-8H2,1-2H3. The van der Waals surface area contributed by atoms with Crippen LogP contribution in [0.4, 0.5) is 13.2 Å². The molecule has 0 spiro atoms. The van der Waals surface area contributed by atoms with Gasteiger partial charge in [-0.25, -0.2) is 0 Å². The summed E-state index contributed by atoms with van der Waals surface area (Å²) in [5.74, 6) is -1.15. The highest BCUT2D eigenvalue weighted by atomic mass is 19.4. The van der Waals surface area contributed by atoms with Crippen LogP contribution in [0.2, 0.25) is 0 Å². The first-order valence-corrected chi connectivity index (χ1v) is 6.52. The fourth-order valence-electron chi connectivity index (χ4n) is 2.16. The second kappa shape index (κ2) is 5.07. The maximum atomic E-state index is 13.1. The first-order valence-electron chi connectivity index (χ1n) is 6.52. The van der Waals surface area contributed by atoms with Gasteiger partial charge in [-0.1, -0.05) is 6.07 Å². The smallest absolute Gasteiger partial charge is 0.399 e. The molecule has 0 saturated heterocycles. The van der Waals surface area contributed by atoms with Gasteiger partial charge in [-0.3, -0.25) is 9.78 Å². The SMILES string of the molecule is CCOC(=O)C(C)c1cccc(C2(C(F)(F)F)CC2)n1. The molecule has 3 nitrogen and oxygen atoms in total. The fourth-order valence-corrected chi connectivity index (χ4v) is 2.16. The highest BCUT2D eigenvalue weighted by Crippen LogP contribution is 2.58. The van der Waals surface area contributed by atoms with E-state index in [1.807, 2.05) is 0 Å². The first-order chi connectivity index (χ1) is 9.32. The summed E-state index contributed by atoms with van der Waals surface area (Å²) in [6, 6.07) is 4.44. The molecule has 1 unspecified atom stereocenters. The molecule has 0 radical (unpaired) electrons. The Morgan fingerprint density at radius 1 is 1.45 bits per heavy atom. The third kappa shape index (κ3) is 2.51. The average molecular weight is 287 g/mol. The quantitative estimate of drug-likeness (QED) is 0.797. The highest BCUT2D eigenvalue weighted by molar-refractivity contribution is 5.77. The second-order valence-corrected chi connectivity index (χ2v) is 5.00. The minimum absolute atomic E-state index is 0.00125. The molecule has 1 fully saturated rings. The summed E-state index contributed by atoms with van der Waals surface area (Å²) in [5, 5.41) is 0. The maximum absolute atomic E-state index is 13.1. The molecule has 0 aromatic carbocycles. The predicted octanol–water partition coefficient (Wildman–Crippen LogP) is 3.34. The fraction of sp³-hybridized carbons (Fsp3) is 0.571. The molecule has 20 heavy (non-hydrogen) atoms. The molecule has 0 aliphatic heterocycles. The van der Waals surface area contributed by atoms with E-state index in [9.17, 15) is 18.0 Å². The van der Waals surface area contributed by atoms with Crippen molar-refractivity contribution in [2.75, 3.05) is 6.61 Å². The number of hydrogen-bond acceptors (Lipinski definition) is 3. The Kier molecular flexibility index (Phi) is 3.75. The number of halogens is 3. The number of esters is 1. The van der Waals surface area contributed by atoms with Gasteiger partial charge in [0, 0.05) is 0 Å². The largest absolute Gasteiger partial charge is 0.465 e. The van der Waals surface area contributed by atoms with Gasteiger partial charge < -0.3 is 4.74 Å². The van der Waals surface area contributed by atoms with Crippen LogP contribution >= 0.6 is 0 Å². The molecule has 1 aliphatic rings. The van der Waals surface area contributed by atoms with Crippen LogP contribution < -0.4 is 0 Å². The Hall–Kier alpha value is -1.59. The Morgan fingerprint density at radius 3 is 2.60 bits per heavy atom. The van der Waals surface area contributed by atoms with Crippen molar-refractivity contribution >= 4 is 5.97 Å². The lowest BCUT2D eigenvalue weighted by Gasteiger charge is -2.20. The maximum Gasteiger partial charge on any atom is 0.399 e. The van der Waals surface area contributed by atoms with Gasteiger partial charge in [-0.15, -0.1) is 0 Å². The third-order valence-corrected chi connectivity index (χ3v) is 3.64. The molecule has 1 saturated carbocycles. The summed E-state index contributed by atoms with van der Waals surface area (Å²) in [5.41, 5.74) is -1.51. The van der Waals surface area contributed by atoms with Gasteiger partial charge in [0.1, 0.15) is 5.41 Å². The number of rotatable bonds is 4. The zero-order valence-corrected chi connectivity index (χ0v) is 11.3. The van der Waals surface area contributed by atoms with E-state index in [1.54, 1.807) is 19.9 Å². The van der Waals surface area contributed by atoms with Gasteiger partial charge in [0.25, 0.3) is 0 Å². The minimum atomic E-state index is -4.30. The van der Waals surface area contributed by atoms with Gasteiger partial charge in [-0.05, 0) is 38.8 Å². The van der Waals surface area contributed by atoms with Crippen LogP contribution in [0.5, 0.6) is 0 Å². The van der Waals surface area contributed by atoms with E-state index in [-0.39, 0.29) is 25.1 Å². The molecule has 0 bridgehead atoms. The number of ether oxygens (including phenoxy) is 1. The molecule has 0 N–H and O–H groups in total.